The molecule has 1 atom stereocenters. The lowest BCUT2D eigenvalue weighted by Crippen LogP contribution is -2.21. The van der Waals surface area contributed by atoms with Crippen LogP contribution < -0.4 is 5.32 Å². The number of aliphatic carboxylic acids is 1. The average Bonchev–Trinajstić information content (AvgIpc) is 2.48. The first-order valence-corrected chi connectivity index (χ1v) is 7.31. The van der Waals surface area contributed by atoms with E-state index in [1.54, 1.807) is 6.07 Å². The number of carbonyl (C=O) groups is 1. The molecule has 1 heterocycles. The molecule has 2 aromatic rings. The number of rotatable bonds is 6. The maximum absolute atomic E-state index is 11.4. The van der Waals surface area contributed by atoms with Crippen molar-refractivity contribution in [1.29, 1.82) is 0 Å². The lowest BCUT2D eigenvalue weighted by Gasteiger charge is -2.14. The third-order valence-corrected chi connectivity index (χ3v) is 3.48. The molecule has 20 heavy (non-hydrogen) atoms. The summed E-state index contributed by atoms with van der Waals surface area (Å²) >= 11 is 1.51. The van der Waals surface area contributed by atoms with Crippen molar-refractivity contribution in [3.63, 3.8) is 0 Å². The zero-order valence-electron chi connectivity index (χ0n) is 11.0. The zero-order valence-corrected chi connectivity index (χ0v) is 11.8. The Bertz CT molecular complexity index is 578. The van der Waals surface area contributed by atoms with E-state index in [0.717, 1.165) is 10.6 Å². The Morgan fingerprint density at radius 1 is 1.35 bits per heavy atom. The molecule has 104 valence electrons. The van der Waals surface area contributed by atoms with Crippen LogP contribution >= 0.6 is 11.8 Å². The Labute approximate surface area is 121 Å². The van der Waals surface area contributed by atoms with E-state index in [-0.39, 0.29) is 6.54 Å². The Morgan fingerprint density at radius 3 is 2.75 bits per heavy atom. The molecule has 0 aliphatic carbocycles. The number of anilines is 1. The summed E-state index contributed by atoms with van der Waals surface area (Å²) < 4.78 is 0. The van der Waals surface area contributed by atoms with Crippen LogP contribution in [0.4, 0.5) is 5.82 Å². The van der Waals surface area contributed by atoms with Gasteiger partial charge in [-0.2, -0.15) is 0 Å². The molecule has 2 rings (SSSR count). The molecule has 0 aliphatic heterocycles. The minimum atomic E-state index is -0.858. The third-order valence-electron chi connectivity index (χ3n) is 2.84. The Morgan fingerprint density at radius 2 is 2.10 bits per heavy atom. The topological polar surface area (TPSA) is 75.1 Å². The predicted octanol–water partition coefficient (Wildman–Crippen LogP) is 2.48. The Balaban J connectivity index is 2.08. The van der Waals surface area contributed by atoms with E-state index < -0.39 is 11.9 Å². The molecule has 0 aliphatic rings. The second-order valence-corrected chi connectivity index (χ2v) is 4.95. The van der Waals surface area contributed by atoms with Crippen LogP contribution in [0.1, 0.15) is 11.5 Å². The first kappa shape index (κ1) is 14.3. The maximum atomic E-state index is 11.4. The molecule has 0 saturated carbocycles. The Kier molecular flexibility index (Phi) is 4.95. The van der Waals surface area contributed by atoms with Gasteiger partial charge in [0.25, 0.3) is 0 Å². The van der Waals surface area contributed by atoms with Crippen molar-refractivity contribution in [3.05, 3.63) is 48.3 Å². The van der Waals surface area contributed by atoms with Crippen LogP contribution in [-0.4, -0.2) is 33.8 Å². The fourth-order valence-electron chi connectivity index (χ4n) is 1.79. The third kappa shape index (κ3) is 3.71. The SMILES string of the molecule is CSc1cc(NCC(C(=O)O)c2ccccc2)ncn1. The van der Waals surface area contributed by atoms with Gasteiger partial charge in [-0.1, -0.05) is 30.3 Å². The van der Waals surface area contributed by atoms with Crippen molar-refractivity contribution in [3.8, 4) is 0 Å². The van der Waals surface area contributed by atoms with Crippen LogP contribution in [-0.2, 0) is 4.79 Å². The fourth-order valence-corrected chi connectivity index (χ4v) is 2.17. The molecule has 0 amide bonds. The van der Waals surface area contributed by atoms with Crippen LogP contribution in [0, 0.1) is 0 Å². The van der Waals surface area contributed by atoms with E-state index in [4.69, 9.17) is 0 Å². The molecule has 5 nitrogen and oxygen atoms in total. The number of hydrogen-bond donors (Lipinski definition) is 2. The van der Waals surface area contributed by atoms with E-state index in [1.165, 1.54) is 18.1 Å². The summed E-state index contributed by atoms with van der Waals surface area (Å²) in [6, 6.07) is 11.0. The quantitative estimate of drug-likeness (QED) is 0.628. The first-order valence-electron chi connectivity index (χ1n) is 6.08. The van der Waals surface area contributed by atoms with Crippen molar-refractivity contribution in [1.82, 2.24) is 9.97 Å². The van der Waals surface area contributed by atoms with Gasteiger partial charge >= 0.3 is 5.97 Å². The average molecular weight is 289 g/mol. The van der Waals surface area contributed by atoms with Crippen LogP contribution in [0.2, 0.25) is 0 Å². The van der Waals surface area contributed by atoms with Gasteiger partial charge in [-0.15, -0.1) is 11.8 Å². The standard InChI is InChI=1S/C14H15N3O2S/c1-20-13-7-12(16-9-17-13)15-8-11(14(18)19)10-5-3-2-4-6-10/h2-7,9,11H,8H2,1H3,(H,18,19)(H,15,16,17). The normalized spacial score (nSPS) is 11.8. The minimum Gasteiger partial charge on any atom is -0.481 e. The van der Waals surface area contributed by atoms with Gasteiger partial charge in [0.1, 0.15) is 17.2 Å². The van der Waals surface area contributed by atoms with E-state index in [1.807, 2.05) is 36.6 Å². The molecule has 0 bridgehead atoms. The number of aromatic nitrogens is 2. The molecule has 0 radical (unpaired) electrons. The highest BCUT2D eigenvalue weighted by molar-refractivity contribution is 7.98. The number of thioether (sulfide) groups is 1. The van der Waals surface area contributed by atoms with Gasteiger partial charge in [0, 0.05) is 12.6 Å². The van der Waals surface area contributed by atoms with Crippen molar-refractivity contribution < 1.29 is 9.90 Å². The summed E-state index contributed by atoms with van der Waals surface area (Å²) in [5.74, 6) is -0.835. The Hall–Kier alpha value is -2.08. The van der Waals surface area contributed by atoms with Gasteiger partial charge in [0.05, 0.1) is 5.92 Å². The number of nitrogens with zero attached hydrogens (tertiary/aromatic N) is 2. The molecule has 6 heteroatoms. The smallest absolute Gasteiger partial charge is 0.312 e. The molecular formula is C14H15N3O2S. The highest BCUT2D eigenvalue weighted by atomic mass is 32.2. The molecule has 0 spiro atoms. The number of carboxylic acid groups (broad SMARTS) is 1. The van der Waals surface area contributed by atoms with Crippen molar-refractivity contribution >= 4 is 23.5 Å². The van der Waals surface area contributed by atoms with Gasteiger partial charge in [-0.25, -0.2) is 9.97 Å². The van der Waals surface area contributed by atoms with E-state index in [0.29, 0.717) is 5.82 Å². The van der Waals surface area contributed by atoms with E-state index in [2.05, 4.69) is 15.3 Å². The summed E-state index contributed by atoms with van der Waals surface area (Å²) in [6.45, 7) is 0.282. The van der Waals surface area contributed by atoms with Gasteiger partial charge in [0.15, 0.2) is 0 Å². The van der Waals surface area contributed by atoms with Gasteiger partial charge in [-0.3, -0.25) is 4.79 Å². The fraction of sp³-hybridized carbons (Fsp3) is 0.214. The summed E-state index contributed by atoms with van der Waals surface area (Å²) in [4.78, 5) is 19.5. The highest BCUT2D eigenvalue weighted by Crippen LogP contribution is 2.18. The molecule has 1 aromatic heterocycles. The first-order chi connectivity index (χ1) is 9.70. The lowest BCUT2D eigenvalue weighted by molar-refractivity contribution is -0.138. The largest absolute Gasteiger partial charge is 0.481 e. The molecule has 0 saturated heterocycles. The zero-order chi connectivity index (χ0) is 14.4. The summed E-state index contributed by atoms with van der Waals surface area (Å²) in [5, 5.41) is 13.2. The minimum absolute atomic E-state index is 0.282. The summed E-state index contributed by atoms with van der Waals surface area (Å²) in [6.07, 6.45) is 3.39. The van der Waals surface area contributed by atoms with Crippen LogP contribution in [0.3, 0.4) is 0 Å². The number of nitrogens with one attached hydrogen (secondary N) is 1. The van der Waals surface area contributed by atoms with Crippen LogP contribution in [0.25, 0.3) is 0 Å². The molecular weight excluding hydrogens is 274 g/mol. The summed E-state index contributed by atoms with van der Waals surface area (Å²) in [7, 11) is 0. The highest BCUT2D eigenvalue weighted by Gasteiger charge is 2.19. The molecule has 1 unspecified atom stereocenters. The monoisotopic (exact) mass is 289 g/mol. The number of hydrogen-bond acceptors (Lipinski definition) is 5. The molecule has 0 fully saturated rings. The van der Waals surface area contributed by atoms with Crippen molar-refractivity contribution in [2.24, 2.45) is 0 Å². The summed E-state index contributed by atoms with van der Waals surface area (Å²) in [5.41, 5.74) is 0.770. The predicted molar refractivity (Wildman–Crippen MR) is 79.1 cm³/mol. The van der Waals surface area contributed by atoms with Gasteiger partial charge < -0.3 is 10.4 Å². The van der Waals surface area contributed by atoms with Crippen LogP contribution in [0.5, 0.6) is 0 Å². The second-order valence-electron chi connectivity index (χ2n) is 4.13. The van der Waals surface area contributed by atoms with Crippen molar-refractivity contribution in [2.45, 2.75) is 10.9 Å². The number of carboxylic acids is 1. The van der Waals surface area contributed by atoms with Crippen LogP contribution in [0.15, 0.2) is 47.8 Å². The molecule has 2 N–H and O–H groups in total. The van der Waals surface area contributed by atoms with Gasteiger partial charge in [0.2, 0.25) is 0 Å². The van der Waals surface area contributed by atoms with Gasteiger partial charge in [-0.05, 0) is 11.8 Å². The molecule has 1 aromatic carbocycles. The second kappa shape index (κ2) is 6.91. The van der Waals surface area contributed by atoms with E-state index in [9.17, 15) is 9.90 Å². The van der Waals surface area contributed by atoms with Crippen molar-refractivity contribution in [2.75, 3.05) is 18.1 Å². The lowest BCUT2D eigenvalue weighted by atomic mass is 9.99. The van der Waals surface area contributed by atoms with E-state index >= 15 is 0 Å². The maximum Gasteiger partial charge on any atom is 0.312 e. The number of benzene rings is 1.